The van der Waals surface area contributed by atoms with Crippen LogP contribution in [0.15, 0.2) is 23.0 Å². The molecule has 31 heavy (non-hydrogen) atoms. The molecule has 1 atom stereocenters. The number of aromatic nitrogens is 1. The van der Waals surface area contributed by atoms with Gasteiger partial charge in [-0.05, 0) is 43.4 Å². The van der Waals surface area contributed by atoms with Gasteiger partial charge in [0.2, 0.25) is 5.91 Å². The van der Waals surface area contributed by atoms with E-state index in [4.69, 9.17) is 10.5 Å². The Hall–Kier alpha value is -3.43. The fraction of sp³-hybridized carbons (Fsp3) is 0.429. The van der Waals surface area contributed by atoms with Gasteiger partial charge in [0.1, 0.15) is 5.82 Å². The van der Waals surface area contributed by atoms with E-state index in [1.165, 1.54) is 17.9 Å². The van der Waals surface area contributed by atoms with Crippen LogP contribution in [0.2, 0.25) is 0 Å². The summed E-state index contributed by atoms with van der Waals surface area (Å²) in [4.78, 5) is 53.7. The zero-order valence-electron chi connectivity index (χ0n) is 17.4. The number of carbonyl (C=O) groups is 3. The van der Waals surface area contributed by atoms with Crippen LogP contribution in [0.25, 0.3) is 10.8 Å². The summed E-state index contributed by atoms with van der Waals surface area (Å²) >= 11 is 0. The summed E-state index contributed by atoms with van der Waals surface area (Å²) in [7, 11) is 0. The number of pyridine rings is 1. The van der Waals surface area contributed by atoms with Crippen molar-refractivity contribution >= 4 is 28.7 Å². The molecule has 0 aliphatic carbocycles. The molecule has 1 aromatic carbocycles. The normalized spacial score (nSPS) is 15.1. The molecule has 1 aromatic heterocycles. The van der Waals surface area contributed by atoms with Crippen molar-refractivity contribution in [1.82, 2.24) is 14.8 Å². The van der Waals surface area contributed by atoms with Gasteiger partial charge in [-0.2, -0.15) is 0 Å². The van der Waals surface area contributed by atoms with Crippen molar-refractivity contribution in [1.29, 1.82) is 0 Å². The van der Waals surface area contributed by atoms with Crippen molar-refractivity contribution in [2.75, 3.05) is 26.2 Å². The van der Waals surface area contributed by atoms with Crippen molar-refractivity contribution in [3.8, 4) is 0 Å². The number of fused-ring (bicyclic) bond motifs is 1. The van der Waals surface area contributed by atoms with Crippen LogP contribution >= 0.6 is 0 Å². The predicted molar refractivity (Wildman–Crippen MR) is 111 cm³/mol. The zero-order valence-corrected chi connectivity index (χ0v) is 17.4. The summed E-state index contributed by atoms with van der Waals surface area (Å²) in [6.07, 6.45) is -1.51. The van der Waals surface area contributed by atoms with Gasteiger partial charge in [-0.3, -0.25) is 14.4 Å². The maximum atomic E-state index is 14.0. The van der Waals surface area contributed by atoms with Gasteiger partial charge in [-0.25, -0.2) is 9.18 Å². The van der Waals surface area contributed by atoms with Crippen molar-refractivity contribution in [3.05, 3.63) is 45.6 Å². The molecule has 0 spiro atoms. The molecule has 1 aliphatic rings. The van der Waals surface area contributed by atoms with E-state index in [0.717, 1.165) is 5.56 Å². The summed E-state index contributed by atoms with van der Waals surface area (Å²) in [5, 5.41) is 0.552. The molecule has 1 saturated heterocycles. The average Bonchev–Trinajstić information content (AvgIpc) is 2.73. The largest absolute Gasteiger partial charge is 0.437 e. The van der Waals surface area contributed by atoms with Crippen LogP contribution in [0.4, 0.5) is 9.18 Å². The molecular weight excluding hydrogens is 407 g/mol. The highest BCUT2D eigenvalue weighted by molar-refractivity contribution is 5.86. The smallest absolute Gasteiger partial charge is 0.405 e. The van der Waals surface area contributed by atoms with E-state index in [2.05, 4.69) is 4.98 Å². The second-order valence-corrected chi connectivity index (χ2v) is 7.56. The van der Waals surface area contributed by atoms with E-state index < -0.39 is 23.6 Å². The Bertz CT molecular complexity index is 1080. The average molecular weight is 432 g/mol. The standard InChI is InChI=1S/C21H25FN4O5/c1-12-3-5-16(22)18-15(12)11-14(24-19(18)28)4-6-17(27)25-7-9-26(10-8-25)20(29)13(2)31-21(23)30/h3,5,11,13H,4,6-10H2,1-2H3,(H2,23,30)(H,24,28)/t13-/m0/s1. The Morgan fingerprint density at radius 2 is 1.84 bits per heavy atom. The van der Waals surface area contributed by atoms with Crippen LogP contribution in [0.3, 0.4) is 0 Å². The Morgan fingerprint density at radius 3 is 2.48 bits per heavy atom. The van der Waals surface area contributed by atoms with Gasteiger partial charge in [-0.1, -0.05) is 6.07 Å². The fourth-order valence-corrected chi connectivity index (χ4v) is 3.72. The summed E-state index contributed by atoms with van der Waals surface area (Å²) in [6.45, 7) is 4.60. The third-order valence-corrected chi connectivity index (χ3v) is 5.43. The maximum absolute atomic E-state index is 14.0. The van der Waals surface area contributed by atoms with Crippen LogP contribution in [-0.4, -0.2) is 65.0 Å². The van der Waals surface area contributed by atoms with Gasteiger partial charge in [0.25, 0.3) is 11.5 Å². The van der Waals surface area contributed by atoms with E-state index in [-0.39, 0.29) is 23.6 Å². The predicted octanol–water partition coefficient (Wildman–Crippen LogP) is 1.06. The van der Waals surface area contributed by atoms with Crippen LogP contribution < -0.4 is 11.3 Å². The monoisotopic (exact) mass is 432 g/mol. The van der Waals surface area contributed by atoms with Crippen LogP contribution in [0, 0.1) is 12.7 Å². The SMILES string of the molecule is Cc1ccc(F)c2c(=O)[nH]c(CCC(=O)N3CCN(C(=O)[C@H](C)OC(N)=O)CC3)cc12. The van der Waals surface area contributed by atoms with Crippen molar-refractivity contribution in [2.24, 2.45) is 5.73 Å². The minimum absolute atomic E-state index is 0.0189. The highest BCUT2D eigenvalue weighted by Gasteiger charge is 2.28. The fourth-order valence-electron chi connectivity index (χ4n) is 3.72. The number of aryl methyl sites for hydroxylation is 2. The lowest BCUT2D eigenvalue weighted by atomic mass is 10.0. The first-order valence-electron chi connectivity index (χ1n) is 10.0. The molecule has 3 N–H and O–H groups in total. The topological polar surface area (TPSA) is 126 Å². The molecular formula is C21H25FN4O5. The van der Waals surface area contributed by atoms with Gasteiger partial charge < -0.3 is 25.3 Å². The van der Waals surface area contributed by atoms with E-state index >= 15 is 0 Å². The third kappa shape index (κ3) is 5.01. The first-order chi connectivity index (χ1) is 14.7. The van der Waals surface area contributed by atoms with Gasteiger partial charge >= 0.3 is 6.09 Å². The van der Waals surface area contributed by atoms with E-state index in [9.17, 15) is 23.6 Å². The van der Waals surface area contributed by atoms with E-state index in [1.807, 2.05) is 0 Å². The number of carbonyl (C=O) groups excluding carboxylic acids is 3. The molecule has 0 unspecified atom stereocenters. The molecule has 0 saturated carbocycles. The Balaban J connectivity index is 1.58. The van der Waals surface area contributed by atoms with Crippen molar-refractivity contribution in [3.63, 3.8) is 0 Å². The first kappa shape index (κ1) is 22.3. The number of H-pyrrole nitrogens is 1. The number of hydrogen-bond acceptors (Lipinski definition) is 5. The molecule has 1 aliphatic heterocycles. The van der Waals surface area contributed by atoms with Gasteiger partial charge in [-0.15, -0.1) is 0 Å². The molecule has 1 fully saturated rings. The van der Waals surface area contributed by atoms with Gasteiger partial charge in [0.05, 0.1) is 5.39 Å². The Kier molecular flexibility index (Phi) is 6.57. The maximum Gasteiger partial charge on any atom is 0.405 e. The van der Waals surface area contributed by atoms with Crippen molar-refractivity contribution in [2.45, 2.75) is 32.8 Å². The molecule has 3 amide bonds. The Morgan fingerprint density at radius 1 is 1.19 bits per heavy atom. The number of nitrogens with one attached hydrogen (secondary N) is 1. The zero-order chi connectivity index (χ0) is 22.7. The second kappa shape index (κ2) is 9.15. The van der Waals surface area contributed by atoms with Crippen molar-refractivity contribution < 1.29 is 23.5 Å². The number of benzene rings is 1. The number of primary amides is 1. The highest BCUT2D eigenvalue weighted by atomic mass is 19.1. The Labute approximate surface area is 177 Å². The number of amides is 3. The molecule has 2 aromatic rings. The van der Waals surface area contributed by atoms with Crippen LogP contribution in [0.1, 0.15) is 24.6 Å². The third-order valence-electron chi connectivity index (χ3n) is 5.43. The number of nitrogens with two attached hydrogens (primary N) is 1. The molecule has 9 nitrogen and oxygen atoms in total. The number of halogens is 1. The number of hydrogen-bond donors (Lipinski definition) is 2. The summed E-state index contributed by atoms with van der Waals surface area (Å²) in [5.74, 6) is -1.04. The highest BCUT2D eigenvalue weighted by Crippen LogP contribution is 2.19. The lowest BCUT2D eigenvalue weighted by Crippen LogP contribution is -2.53. The quantitative estimate of drug-likeness (QED) is 0.731. The molecule has 0 bridgehead atoms. The number of ether oxygens (including phenoxy) is 1. The van der Waals surface area contributed by atoms with Gasteiger partial charge in [0, 0.05) is 38.3 Å². The van der Waals surface area contributed by atoms with E-state index in [0.29, 0.717) is 43.7 Å². The minimum Gasteiger partial charge on any atom is -0.437 e. The van der Waals surface area contributed by atoms with Crippen LogP contribution in [0.5, 0.6) is 0 Å². The molecule has 3 rings (SSSR count). The van der Waals surface area contributed by atoms with Gasteiger partial charge in [0.15, 0.2) is 6.10 Å². The summed E-state index contributed by atoms with van der Waals surface area (Å²) < 4.78 is 18.7. The lowest BCUT2D eigenvalue weighted by Gasteiger charge is -2.35. The summed E-state index contributed by atoms with van der Waals surface area (Å²) in [6, 6.07) is 4.59. The minimum atomic E-state index is -1.01. The molecule has 10 heteroatoms. The second-order valence-electron chi connectivity index (χ2n) is 7.56. The first-order valence-corrected chi connectivity index (χ1v) is 10.0. The number of nitrogens with zero attached hydrogens (tertiary/aromatic N) is 2. The number of piperazine rings is 1. The lowest BCUT2D eigenvalue weighted by molar-refractivity contribution is -0.144. The van der Waals surface area contributed by atoms with Crippen LogP contribution in [-0.2, 0) is 20.7 Å². The molecule has 0 radical (unpaired) electrons. The van der Waals surface area contributed by atoms with E-state index in [1.54, 1.807) is 24.0 Å². The molecule has 166 valence electrons. The number of rotatable bonds is 5. The summed E-state index contributed by atoms with van der Waals surface area (Å²) in [5.41, 5.74) is 5.76. The number of aromatic amines is 1. The molecule has 2 heterocycles.